The molecule has 14 heavy (non-hydrogen) atoms. The van der Waals surface area contributed by atoms with E-state index < -0.39 is 0 Å². The molecule has 0 aromatic heterocycles. The van der Waals surface area contributed by atoms with Crippen molar-refractivity contribution in [3.8, 4) is 0 Å². The normalized spacial score (nSPS) is 17.9. The molecule has 1 fully saturated rings. The van der Waals surface area contributed by atoms with E-state index in [0.29, 0.717) is 4.75 Å². The van der Waals surface area contributed by atoms with Crippen LogP contribution >= 0.6 is 11.8 Å². The maximum atomic E-state index is 4.08. The second-order valence-corrected chi connectivity index (χ2v) is 5.65. The lowest BCUT2D eigenvalue weighted by atomic mass is 10.2. The third kappa shape index (κ3) is 1.88. The summed E-state index contributed by atoms with van der Waals surface area (Å²) in [6, 6.07) is 8.78. The summed E-state index contributed by atoms with van der Waals surface area (Å²) in [6.07, 6.45) is 2.59. The predicted octanol–water partition coefficient (Wildman–Crippen LogP) is 4.20. The number of aryl methyl sites for hydroxylation is 1. The molecule has 0 spiro atoms. The molecular formula is C13H16S. The molecule has 0 atom stereocenters. The van der Waals surface area contributed by atoms with Crippen LogP contribution in [0.5, 0.6) is 0 Å². The fraction of sp³-hybridized carbons (Fsp3) is 0.385. The second kappa shape index (κ2) is 3.47. The first-order valence-electron chi connectivity index (χ1n) is 5.04. The summed E-state index contributed by atoms with van der Waals surface area (Å²) in [5.74, 6) is 0. The highest BCUT2D eigenvalue weighted by molar-refractivity contribution is 8.01. The number of benzene rings is 1. The minimum atomic E-state index is 0.370. The molecule has 0 bridgehead atoms. The molecule has 1 heteroatoms. The minimum absolute atomic E-state index is 0.370. The van der Waals surface area contributed by atoms with Crippen LogP contribution in [0.15, 0.2) is 41.3 Å². The highest BCUT2D eigenvalue weighted by atomic mass is 32.2. The molecule has 1 aliphatic carbocycles. The molecule has 74 valence electrons. The third-order valence-electron chi connectivity index (χ3n) is 2.82. The first kappa shape index (κ1) is 9.85. The van der Waals surface area contributed by atoms with Crippen molar-refractivity contribution in [2.45, 2.75) is 36.3 Å². The van der Waals surface area contributed by atoms with Gasteiger partial charge in [0.2, 0.25) is 0 Å². The van der Waals surface area contributed by atoms with Crippen LogP contribution in [-0.4, -0.2) is 4.75 Å². The maximum Gasteiger partial charge on any atom is 0.0411 e. The van der Waals surface area contributed by atoms with Gasteiger partial charge in [-0.25, -0.2) is 0 Å². The van der Waals surface area contributed by atoms with Crippen molar-refractivity contribution >= 4 is 11.8 Å². The molecule has 0 amide bonds. The second-order valence-electron chi connectivity index (χ2n) is 4.19. The molecule has 0 saturated heterocycles. The van der Waals surface area contributed by atoms with Crippen molar-refractivity contribution in [3.05, 3.63) is 42.0 Å². The van der Waals surface area contributed by atoms with Gasteiger partial charge >= 0.3 is 0 Å². The molecule has 0 aliphatic heterocycles. The van der Waals surface area contributed by atoms with E-state index in [9.17, 15) is 0 Å². The zero-order valence-corrected chi connectivity index (χ0v) is 9.66. The Labute approximate surface area is 90.4 Å². The summed E-state index contributed by atoms with van der Waals surface area (Å²) in [5.41, 5.74) is 2.65. The van der Waals surface area contributed by atoms with Gasteiger partial charge in [0.1, 0.15) is 0 Å². The van der Waals surface area contributed by atoms with Crippen LogP contribution in [0.4, 0.5) is 0 Å². The van der Waals surface area contributed by atoms with Gasteiger partial charge in [-0.15, -0.1) is 11.8 Å². The predicted molar refractivity (Wildman–Crippen MR) is 63.8 cm³/mol. The topological polar surface area (TPSA) is 0 Å². The van der Waals surface area contributed by atoms with Crippen LogP contribution in [0, 0.1) is 6.92 Å². The Morgan fingerprint density at radius 2 is 1.86 bits per heavy atom. The Bertz CT molecular complexity index is 344. The van der Waals surface area contributed by atoms with E-state index in [-0.39, 0.29) is 0 Å². The number of hydrogen-bond donors (Lipinski definition) is 0. The average Bonchev–Trinajstić information content (AvgIpc) is 2.90. The molecule has 1 saturated carbocycles. The molecule has 0 radical (unpaired) electrons. The largest absolute Gasteiger partial charge is 0.115 e. The Balaban J connectivity index is 2.11. The standard InChI is InChI=1S/C13H16S/c1-10(2)13(8-9-13)14-12-6-4-11(3)5-7-12/h4-7H,1,8-9H2,2-3H3. The van der Waals surface area contributed by atoms with Gasteiger partial charge in [0.15, 0.2) is 0 Å². The van der Waals surface area contributed by atoms with E-state index in [1.165, 1.54) is 28.9 Å². The van der Waals surface area contributed by atoms with E-state index in [0.717, 1.165) is 0 Å². The van der Waals surface area contributed by atoms with E-state index in [4.69, 9.17) is 0 Å². The van der Waals surface area contributed by atoms with E-state index in [1.807, 2.05) is 11.8 Å². The molecular weight excluding hydrogens is 188 g/mol. The molecule has 2 rings (SSSR count). The summed E-state index contributed by atoms with van der Waals surface area (Å²) in [7, 11) is 0. The Morgan fingerprint density at radius 3 is 2.29 bits per heavy atom. The lowest BCUT2D eigenvalue weighted by Gasteiger charge is -2.14. The Kier molecular flexibility index (Phi) is 2.44. The molecule has 1 aromatic rings. The number of thioether (sulfide) groups is 1. The van der Waals surface area contributed by atoms with Gasteiger partial charge in [0, 0.05) is 9.64 Å². The van der Waals surface area contributed by atoms with Crippen molar-refractivity contribution < 1.29 is 0 Å². The highest BCUT2D eigenvalue weighted by Gasteiger charge is 2.44. The van der Waals surface area contributed by atoms with Gasteiger partial charge in [-0.05, 0) is 38.8 Å². The van der Waals surface area contributed by atoms with Crippen molar-refractivity contribution in [3.63, 3.8) is 0 Å². The van der Waals surface area contributed by atoms with Crippen LogP contribution in [0.25, 0.3) is 0 Å². The fourth-order valence-electron chi connectivity index (χ4n) is 1.56. The fourth-order valence-corrected chi connectivity index (χ4v) is 2.77. The van der Waals surface area contributed by atoms with Gasteiger partial charge in [-0.1, -0.05) is 29.8 Å². The van der Waals surface area contributed by atoms with Gasteiger partial charge in [-0.3, -0.25) is 0 Å². The lowest BCUT2D eigenvalue weighted by Crippen LogP contribution is -2.02. The lowest BCUT2D eigenvalue weighted by molar-refractivity contribution is 1.07. The monoisotopic (exact) mass is 204 g/mol. The van der Waals surface area contributed by atoms with Gasteiger partial charge in [0.05, 0.1) is 0 Å². The summed E-state index contributed by atoms with van der Waals surface area (Å²) in [6.45, 7) is 8.35. The van der Waals surface area contributed by atoms with Crippen molar-refractivity contribution in [1.29, 1.82) is 0 Å². The maximum absolute atomic E-state index is 4.08. The molecule has 0 unspecified atom stereocenters. The van der Waals surface area contributed by atoms with Crippen LogP contribution in [0.3, 0.4) is 0 Å². The van der Waals surface area contributed by atoms with Crippen LogP contribution in [0.2, 0.25) is 0 Å². The van der Waals surface area contributed by atoms with Crippen molar-refractivity contribution in [2.75, 3.05) is 0 Å². The van der Waals surface area contributed by atoms with Crippen molar-refractivity contribution in [2.24, 2.45) is 0 Å². The number of hydrogen-bond acceptors (Lipinski definition) is 1. The van der Waals surface area contributed by atoms with Gasteiger partial charge in [0.25, 0.3) is 0 Å². The highest BCUT2D eigenvalue weighted by Crippen LogP contribution is 2.55. The van der Waals surface area contributed by atoms with Crippen LogP contribution in [-0.2, 0) is 0 Å². The quantitative estimate of drug-likeness (QED) is 0.665. The summed E-state index contributed by atoms with van der Waals surface area (Å²) < 4.78 is 0.370. The zero-order valence-electron chi connectivity index (χ0n) is 8.84. The van der Waals surface area contributed by atoms with Gasteiger partial charge < -0.3 is 0 Å². The van der Waals surface area contributed by atoms with Gasteiger partial charge in [-0.2, -0.15) is 0 Å². The summed E-state index contributed by atoms with van der Waals surface area (Å²) in [4.78, 5) is 1.37. The third-order valence-corrected chi connectivity index (χ3v) is 4.47. The van der Waals surface area contributed by atoms with Crippen LogP contribution < -0.4 is 0 Å². The zero-order chi connectivity index (χ0) is 10.2. The Morgan fingerprint density at radius 1 is 1.29 bits per heavy atom. The van der Waals surface area contributed by atoms with Crippen LogP contribution in [0.1, 0.15) is 25.3 Å². The molecule has 0 heterocycles. The number of rotatable bonds is 3. The Hall–Kier alpha value is -0.690. The first-order valence-corrected chi connectivity index (χ1v) is 5.86. The SMILES string of the molecule is C=C(C)C1(Sc2ccc(C)cc2)CC1. The summed E-state index contributed by atoms with van der Waals surface area (Å²) in [5, 5.41) is 0. The minimum Gasteiger partial charge on any atom is -0.115 e. The molecule has 0 nitrogen and oxygen atoms in total. The molecule has 0 N–H and O–H groups in total. The molecule has 1 aromatic carbocycles. The average molecular weight is 204 g/mol. The van der Waals surface area contributed by atoms with E-state index in [1.54, 1.807) is 0 Å². The van der Waals surface area contributed by atoms with E-state index in [2.05, 4.69) is 44.7 Å². The molecule has 1 aliphatic rings. The van der Waals surface area contributed by atoms with E-state index >= 15 is 0 Å². The van der Waals surface area contributed by atoms with Crippen molar-refractivity contribution in [1.82, 2.24) is 0 Å². The summed E-state index contributed by atoms with van der Waals surface area (Å²) >= 11 is 1.97. The smallest absolute Gasteiger partial charge is 0.0411 e. The first-order chi connectivity index (χ1) is 6.62.